The highest BCUT2D eigenvalue weighted by Crippen LogP contribution is 2.12. The summed E-state index contributed by atoms with van der Waals surface area (Å²) < 4.78 is 0. The Morgan fingerprint density at radius 2 is 1.61 bits per heavy atom. The Kier molecular flexibility index (Phi) is 4.89. The fourth-order valence-electron chi connectivity index (χ4n) is 1.65. The zero-order chi connectivity index (χ0) is 13.7. The van der Waals surface area contributed by atoms with Crippen LogP contribution in [0.2, 0.25) is 0 Å². The summed E-state index contributed by atoms with van der Waals surface area (Å²) in [6.45, 7) is 7.00. The summed E-state index contributed by atoms with van der Waals surface area (Å²) in [4.78, 5) is 22.7. The molecule has 4 heteroatoms. The molecule has 0 bridgehead atoms. The van der Waals surface area contributed by atoms with Crippen LogP contribution in [0.1, 0.15) is 37.9 Å². The molecular formula is C14H20N2O2. The summed E-state index contributed by atoms with van der Waals surface area (Å²) in [7, 11) is 0. The topological polar surface area (TPSA) is 58.2 Å². The smallest absolute Gasteiger partial charge is 0.242 e. The molecule has 4 nitrogen and oxygen atoms in total. The van der Waals surface area contributed by atoms with Crippen molar-refractivity contribution in [1.82, 2.24) is 10.6 Å². The first-order valence-electron chi connectivity index (χ1n) is 6.04. The van der Waals surface area contributed by atoms with E-state index >= 15 is 0 Å². The molecule has 2 atom stereocenters. The minimum Gasteiger partial charge on any atom is -0.348 e. The van der Waals surface area contributed by atoms with Crippen LogP contribution in [0.4, 0.5) is 0 Å². The van der Waals surface area contributed by atoms with Gasteiger partial charge in [-0.15, -0.1) is 0 Å². The van der Waals surface area contributed by atoms with Crippen LogP contribution in [0.3, 0.4) is 0 Å². The average molecular weight is 248 g/mol. The maximum atomic E-state index is 11.8. The van der Waals surface area contributed by atoms with E-state index in [4.69, 9.17) is 0 Å². The first kappa shape index (κ1) is 14.2. The third kappa shape index (κ3) is 4.20. The van der Waals surface area contributed by atoms with Crippen molar-refractivity contribution in [2.45, 2.75) is 39.8 Å². The molecule has 0 heterocycles. The summed E-state index contributed by atoms with van der Waals surface area (Å²) in [5, 5.41) is 5.42. The molecular weight excluding hydrogens is 228 g/mol. The van der Waals surface area contributed by atoms with E-state index in [2.05, 4.69) is 10.6 Å². The lowest BCUT2D eigenvalue weighted by Gasteiger charge is -2.18. The molecule has 18 heavy (non-hydrogen) atoms. The number of carbonyl (C=O) groups excluding carboxylic acids is 2. The number of carbonyl (C=O) groups is 2. The third-order valence-electron chi connectivity index (χ3n) is 2.75. The largest absolute Gasteiger partial charge is 0.348 e. The number of nitrogens with one attached hydrogen (secondary N) is 2. The van der Waals surface area contributed by atoms with E-state index in [1.54, 1.807) is 6.92 Å². The van der Waals surface area contributed by atoms with Gasteiger partial charge in [-0.25, -0.2) is 0 Å². The number of amides is 2. The Balaban J connectivity index is 2.59. The molecule has 2 amide bonds. The standard InChI is InChI=1S/C14H20N2O2/c1-9-5-7-13(8-6-9)10(2)16-14(18)11(3)15-12(4)17/h5-8,10-11H,1-4H3,(H,15,17)(H,16,18). The van der Waals surface area contributed by atoms with Gasteiger partial charge in [0.2, 0.25) is 11.8 Å². The molecule has 0 saturated heterocycles. The number of hydrogen-bond acceptors (Lipinski definition) is 2. The molecule has 98 valence electrons. The minimum atomic E-state index is -0.518. The van der Waals surface area contributed by atoms with Crippen LogP contribution in [0.5, 0.6) is 0 Å². The molecule has 0 aliphatic carbocycles. The molecule has 2 N–H and O–H groups in total. The molecule has 0 aliphatic rings. The van der Waals surface area contributed by atoms with Crippen molar-refractivity contribution in [3.63, 3.8) is 0 Å². The Bertz CT molecular complexity index is 426. The fourth-order valence-corrected chi connectivity index (χ4v) is 1.65. The summed E-state index contributed by atoms with van der Waals surface area (Å²) in [6.07, 6.45) is 0. The van der Waals surface area contributed by atoms with Crippen LogP contribution in [0, 0.1) is 6.92 Å². The first-order chi connectivity index (χ1) is 8.40. The van der Waals surface area contributed by atoms with Crippen molar-refractivity contribution < 1.29 is 9.59 Å². The predicted octanol–water partition coefficient (Wildman–Crippen LogP) is 1.70. The highest BCUT2D eigenvalue weighted by Gasteiger charge is 2.16. The van der Waals surface area contributed by atoms with Gasteiger partial charge < -0.3 is 10.6 Å². The van der Waals surface area contributed by atoms with E-state index in [-0.39, 0.29) is 17.9 Å². The summed E-state index contributed by atoms with van der Waals surface area (Å²) in [6, 6.07) is 7.40. The van der Waals surface area contributed by atoms with Crippen molar-refractivity contribution in [2.24, 2.45) is 0 Å². The van der Waals surface area contributed by atoms with Crippen LogP contribution in [-0.4, -0.2) is 17.9 Å². The number of aryl methyl sites for hydroxylation is 1. The van der Waals surface area contributed by atoms with Gasteiger partial charge in [0.15, 0.2) is 0 Å². The van der Waals surface area contributed by atoms with Crippen LogP contribution in [-0.2, 0) is 9.59 Å². The van der Waals surface area contributed by atoms with Gasteiger partial charge in [0.1, 0.15) is 6.04 Å². The summed E-state index contributed by atoms with van der Waals surface area (Å²) >= 11 is 0. The van der Waals surface area contributed by atoms with Gasteiger partial charge in [-0.1, -0.05) is 29.8 Å². The predicted molar refractivity (Wildman–Crippen MR) is 71.0 cm³/mol. The van der Waals surface area contributed by atoms with Crippen LogP contribution in [0.15, 0.2) is 24.3 Å². The Morgan fingerprint density at radius 1 is 1.06 bits per heavy atom. The van der Waals surface area contributed by atoms with Gasteiger partial charge >= 0.3 is 0 Å². The van der Waals surface area contributed by atoms with Crippen LogP contribution in [0.25, 0.3) is 0 Å². The molecule has 0 aromatic heterocycles. The SMILES string of the molecule is CC(=O)NC(C)C(=O)NC(C)c1ccc(C)cc1. The average Bonchev–Trinajstić information content (AvgIpc) is 2.28. The molecule has 0 fully saturated rings. The highest BCUT2D eigenvalue weighted by molar-refractivity contribution is 5.86. The Hall–Kier alpha value is -1.84. The number of rotatable bonds is 4. The lowest BCUT2D eigenvalue weighted by molar-refractivity contribution is -0.128. The van der Waals surface area contributed by atoms with Gasteiger partial charge in [0, 0.05) is 6.92 Å². The molecule has 1 aromatic carbocycles. The van der Waals surface area contributed by atoms with E-state index in [1.807, 2.05) is 38.1 Å². The van der Waals surface area contributed by atoms with Gasteiger partial charge in [0.05, 0.1) is 6.04 Å². The van der Waals surface area contributed by atoms with Gasteiger partial charge in [0.25, 0.3) is 0 Å². The van der Waals surface area contributed by atoms with Crippen molar-refractivity contribution in [3.8, 4) is 0 Å². The summed E-state index contributed by atoms with van der Waals surface area (Å²) in [5.74, 6) is -0.390. The second-order valence-corrected chi connectivity index (χ2v) is 4.56. The lowest BCUT2D eigenvalue weighted by atomic mass is 10.1. The zero-order valence-corrected chi connectivity index (χ0v) is 11.3. The lowest BCUT2D eigenvalue weighted by Crippen LogP contribution is -2.44. The maximum Gasteiger partial charge on any atom is 0.242 e. The van der Waals surface area contributed by atoms with Crippen molar-refractivity contribution >= 4 is 11.8 Å². The van der Waals surface area contributed by atoms with E-state index in [0.717, 1.165) is 5.56 Å². The summed E-state index contributed by atoms with van der Waals surface area (Å²) in [5.41, 5.74) is 2.23. The molecule has 0 saturated carbocycles. The van der Waals surface area contributed by atoms with E-state index in [1.165, 1.54) is 12.5 Å². The third-order valence-corrected chi connectivity index (χ3v) is 2.75. The van der Waals surface area contributed by atoms with Crippen molar-refractivity contribution in [2.75, 3.05) is 0 Å². The zero-order valence-electron chi connectivity index (χ0n) is 11.3. The molecule has 0 radical (unpaired) electrons. The van der Waals surface area contributed by atoms with Crippen LogP contribution >= 0.6 is 0 Å². The van der Waals surface area contributed by atoms with E-state index in [9.17, 15) is 9.59 Å². The van der Waals surface area contributed by atoms with Crippen LogP contribution < -0.4 is 10.6 Å². The number of hydrogen-bond donors (Lipinski definition) is 2. The quantitative estimate of drug-likeness (QED) is 0.852. The van der Waals surface area contributed by atoms with E-state index in [0.29, 0.717) is 0 Å². The Morgan fingerprint density at radius 3 is 2.11 bits per heavy atom. The Labute approximate surface area is 108 Å². The van der Waals surface area contributed by atoms with E-state index < -0.39 is 6.04 Å². The molecule has 1 aromatic rings. The second-order valence-electron chi connectivity index (χ2n) is 4.56. The fraction of sp³-hybridized carbons (Fsp3) is 0.429. The minimum absolute atomic E-state index is 0.0747. The highest BCUT2D eigenvalue weighted by atomic mass is 16.2. The normalized spacial score (nSPS) is 13.6. The van der Waals surface area contributed by atoms with Gasteiger partial charge in [-0.05, 0) is 26.3 Å². The van der Waals surface area contributed by atoms with Gasteiger partial charge in [-0.2, -0.15) is 0 Å². The molecule has 0 aliphatic heterocycles. The first-order valence-corrected chi connectivity index (χ1v) is 6.04. The van der Waals surface area contributed by atoms with Crippen molar-refractivity contribution in [1.29, 1.82) is 0 Å². The second kappa shape index (κ2) is 6.19. The maximum absolute atomic E-state index is 11.8. The molecule has 0 spiro atoms. The number of benzene rings is 1. The monoisotopic (exact) mass is 248 g/mol. The van der Waals surface area contributed by atoms with Gasteiger partial charge in [-0.3, -0.25) is 9.59 Å². The molecule has 2 unspecified atom stereocenters. The van der Waals surface area contributed by atoms with Crippen molar-refractivity contribution in [3.05, 3.63) is 35.4 Å². The molecule has 1 rings (SSSR count).